The molecule has 0 aliphatic rings. The number of Topliss-reactive ketones (excluding diaryl/α,β-unsaturated/α-hetero) is 1. The van der Waals surface area contributed by atoms with Crippen molar-refractivity contribution in [1.82, 2.24) is 20.2 Å². The molecule has 0 spiro atoms. The van der Waals surface area contributed by atoms with E-state index in [0.29, 0.717) is 19.0 Å². The number of aromatic nitrogens is 4. The highest BCUT2D eigenvalue weighted by molar-refractivity contribution is 5.92. The fourth-order valence-electron chi connectivity index (χ4n) is 1.00. The first-order valence-electron chi connectivity index (χ1n) is 4.64. The summed E-state index contributed by atoms with van der Waals surface area (Å²) in [6, 6.07) is 0. The molecule has 6 nitrogen and oxygen atoms in total. The van der Waals surface area contributed by atoms with E-state index in [0.717, 1.165) is 0 Å². The van der Waals surface area contributed by atoms with Crippen LogP contribution in [0.1, 0.15) is 30.9 Å². The summed E-state index contributed by atoms with van der Waals surface area (Å²) in [5.41, 5.74) is 5.25. The number of tetrazole rings is 1. The minimum absolute atomic E-state index is 0.150. The molecule has 0 atom stereocenters. The normalized spacial score (nSPS) is 10.9. The van der Waals surface area contributed by atoms with E-state index in [1.165, 1.54) is 4.80 Å². The van der Waals surface area contributed by atoms with Crippen LogP contribution in [-0.4, -0.2) is 32.5 Å². The molecule has 6 heteroatoms. The summed E-state index contributed by atoms with van der Waals surface area (Å²) in [7, 11) is 0. The summed E-state index contributed by atoms with van der Waals surface area (Å²) >= 11 is 0. The van der Waals surface area contributed by atoms with E-state index in [4.69, 9.17) is 5.73 Å². The van der Waals surface area contributed by atoms with Crippen LogP contribution >= 0.6 is 0 Å². The Morgan fingerprint density at radius 2 is 2.29 bits per heavy atom. The highest BCUT2D eigenvalue weighted by atomic mass is 16.1. The Bertz CT molecular complexity index is 306. The number of nitrogens with zero attached hydrogens (tertiary/aromatic N) is 4. The molecule has 1 rings (SSSR count). The largest absolute Gasteiger partial charge is 0.330 e. The second-order valence-electron chi connectivity index (χ2n) is 3.52. The Labute approximate surface area is 82.5 Å². The fraction of sp³-hybridized carbons (Fsp3) is 0.750. The molecule has 0 saturated carbocycles. The van der Waals surface area contributed by atoms with Crippen molar-refractivity contribution < 1.29 is 4.79 Å². The molecule has 0 aliphatic heterocycles. The molecule has 1 heterocycles. The summed E-state index contributed by atoms with van der Waals surface area (Å²) in [5, 5.41) is 11.4. The van der Waals surface area contributed by atoms with E-state index in [2.05, 4.69) is 15.4 Å². The van der Waals surface area contributed by atoms with Gasteiger partial charge in [0.2, 0.25) is 11.6 Å². The Kier molecular flexibility index (Phi) is 3.70. The monoisotopic (exact) mass is 197 g/mol. The smallest absolute Gasteiger partial charge is 0.240 e. The first kappa shape index (κ1) is 10.8. The third kappa shape index (κ3) is 2.88. The lowest BCUT2D eigenvalue weighted by atomic mass is 10.2. The second-order valence-corrected chi connectivity index (χ2v) is 3.52. The number of nitrogens with two attached hydrogens (primary N) is 1. The molecular weight excluding hydrogens is 182 g/mol. The lowest BCUT2D eigenvalue weighted by Gasteiger charge is -2.00. The molecule has 0 fully saturated rings. The zero-order chi connectivity index (χ0) is 10.6. The highest BCUT2D eigenvalue weighted by Crippen LogP contribution is 1.97. The summed E-state index contributed by atoms with van der Waals surface area (Å²) in [5.74, 6) is 0.445. The maximum atomic E-state index is 11.3. The number of ketones is 1. The number of rotatable bonds is 5. The molecule has 0 aliphatic carbocycles. The zero-order valence-electron chi connectivity index (χ0n) is 8.47. The minimum atomic E-state index is -0.150. The van der Waals surface area contributed by atoms with Crippen LogP contribution in [0.15, 0.2) is 0 Å². The van der Waals surface area contributed by atoms with Gasteiger partial charge in [0.05, 0.1) is 6.54 Å². The van der Waals surface area contributed by atoms with Gasteiger partial charge in [0.15, 0.2) is 0 Å². The topological polar surface area (TPSA) is 86.7 Å². The molecule has 14 heavy (non-hydrogen) atoms. The van der Waals surface area contributed by atoms with Gasteiger partial charge in [-0.1, -0.05) is 13.8 Å². The van der Waals surface area contributed by atoms with Crippen molar-refractivity contribution in [2.45, 2.75) is 26.8 Å². The molecule has 78 valence electrons. The van der Waals surface area contributed by atoms with Crippen LogP contribution in [-0.2, 0) is 6.54 Å². The van der Waals surface area contributed by atoms with E-state index >= 15 is 0 Å². The standard InChI is InChI=1S/C8H15N5O/c1-6(2)5-13-11-8(10-12-13)7(14)3-4-9/h6H,3-5,9H2,1-2H3. The third-order valence-electron chi connectivity index (χ3n) is 1.60. The average molecular weight is 197 g/mol. The number of hydrogen-bond donors (Lipinski definition) is 1. The Hall–Kier alpha value is -1.30. The fourth-order valence-corrected chi connectivity index (χ4v) is 1.00. The molecule has 0 amide bonds. The van der Waals surface area contributed by atoms with Gasteiger partial charge in [0.1, 0.15) is 0 Å². The van der Waals surface area contributed by atoms with E-state index in [1.54, 1.807) is 0 Å². The molecule has 1 aromatic rings. The quantitative estimate of drug-likeness (QED) is 0.664. The number of carbonyl (C=O) groups excluding carboxylic acids is 1. The molecule has 0 saturated heterocycles. The third-order valence-corrected chi connectivity index (χ3v) is 1.60. The minimum Gasteiger partial charge on any atom is -0.330 e. The van der Waals surface area contributed by atoms with Gasteiger partial charge in [-0.15, -0.1) is 10.2 Å². The molecular formula is C8H15N5O. The summed E-state index contributed by atoms with van der Waals surface area (Å²) in [6.07, 6.45) is 0.271. The van der Waals surface area contributed by atoms with E-state index in [9.17, 15) is 4.79 Å². The highest BCUT2D eigenvalue weighted by Gasteiger charge is 2.11. The lowest BCUT2D eigenvalue weighted by molar-refractivity contribution is 0.0975. The van der Waals surface area contributed by atoms with Crippen molar-refractivity contribution in [3.8, 4) is 0 Å². The molecule has 0 bridgehead atoms. The van der Waals surface area contributed by atoms with E-state index in [-0.39, 0.29) is 18.0 Å². The van der Waals surface area contributed by atoms with Crippen LogP contribution < -0.4 is 5.73 Å². The van der Waals surface area contributed by atoms with Gasteiger partial charge < -0.3 is 5.73 Å². The predicted octanol–water partition coefficient (Wildman–Crippen LogP) is -0.139. The van der Waals surface area contributed by atoms with Crippen molar-refractivity contribution in [1.29, 1.82) is 0 Å². The molecule has 2 N–H and O–H groups in total. The number of carbonyl (C=O) groups is 1. The van der Waals surface area contributed by atoms with Crippen LogP contribution in [0.4, 0.5) is 0 Å². The summed E-state index contributed by atoms with van der Waals surface area (Å²) < 4.78 is 0. The molecule has 1 aromatic heterocycles. The van der Waals surface area contributed by atoms with Gasteiger partial charge in [-0.05, 0) is 17.7 Å². The van der Waals surface area contributed by atoms with Crippen LogP contribution in [0.25, 0.3) is 0 Å². The Balaban J connectivity index is 2.63. The summed E-state index contributed by atoms with van der Waals surface area (Å²) in [4.78, 5) is 12.7. The lowest BCUT2D eigenvalue weighted by Crippen LogP contribution is -2.11. The molecule has 0 unspecified atom stereocenters. The van der Waals surface area contributed by atoms with Gasteiger partial charge in [0.25, 0.3) is 0 Å². The molecule has 0 radical (unpaired) electrons. The summed E-state index contributed by atoms with van der Waals surface area (Å²) in [6.45, 7) is 5.08. The van der Waals surface area contributed by atoms with Crippen LogP contribution in [0.5, 0.6) is 0 Å². The maximum Gasteiger partial charge on any atom is 0.240 e. The van der Waals surface area contributed by atoms with Crippen LogP contribution in [0.2, 0.25) is 0 Å². The van der Waals surface area contributed by atoms with Crippen molar-refractivity contribution >= 4 is 5.78 Å². The zero-order valence-corrected chi connectivity index (χ0v) is 8.47. The second kappa shape index (κ2) is 4.80. The Morgan fingerprint density at radius 1 is 1.57 bits per heavy atom. The van der Waals surface area contributed by atoms with Gasteiger partial charge in [-0.2, -0.15) is 4.80 Å². The van der Waals surface area contributed by atoms with E-state index in [1.807, 2.05) is 13.8 Å². The number of hydrogen-bond acceptors (Lipinski definition) is 5. The van der Waals surface area contributed by atoms with E-state index < -0.39 is 0 Å². The SMILES string of the molecule is CC(C)Cn1nnc(C(=O)CCN)n1. The van der Waals surface area contributed by atoms with Gasteiger partial charge in [-0.25, -0.2) is 0 Å². The van der Waals surface area contributed by atoms with Crippen molar-refractivity contribution in [2.24, 2.45) is 11.7 Å². The van der Waals surface area contributed by atoms with Gasteiger partial charge >= 0.3 is 0 Å². The van der Waals surface area contributed by atoms with Crippen molar-refractivity contribution in [2.75, 3.05) is 6.54 Å². The first-order valence-corrected chi connectivity index (χ1v) is 4.64. The average Bonchev–Trinajstić information content (AvgIpc) is 2.52. The van der Waals surface area contributed by atoms with Gasteiger partial charge in [0, 0.05) is 6.42 Å². The molecule has 0 aromatic carbocycles. The van der Waals surface area contributed by atoms with Gasteiger partial charge in [-0.3, -0.25) is 4.79 Å². The van der Waals surface area contributed by atoms with Crippen LogP contribution in [0.3, 0.4) is 0 Å². The van der Waals surface area contributed by atoms with Crippen molar-refractivity contribution in [3.63, 3.8) is 0 Å². The first-order chi connectivity index (χ1) is 6.63. The Morgan fingerprint density at radius 3 is 2.86 bits per heavy atom. The maximum absolute atomic E-state index is 11.3. The van der Waals surface area contributed by atoms with Crippen LogP contribution in [0, 0.1) is 5.92 Å². The van der Waals surface area contributed by atoms with Crippen molar-refractivity contribution in [3.05, 3.63) is 5.82 Å². The predicted molar refractivity (Wildman–Crippen MR) is 50.7 cm³/mol.